The lowest BCUT2D eigenvalue weighted by molar-refractivity contribution is -0.140. The zero-order valence-corrected chi connectivity index (χ0v) is 19.1. The maximum absolute atomic E-state index is 13.9. The van der Waals surface area contributed by atoms with E-state index >= 15 is 0 Å². The van der Waals surface area contributed by atoms with E-state index in [4.69, 9.17) is 4.74 Å². The van der Waals surface area contributed by atoms with Crippen LogP contribution in [0.15, 0.2) is 48.5 Å². The number of rotatable bonds is 5. The van der Waals surface area contributed by atoms with E-state index in [2.05, 4.69) is 10.2 Å². The molecule has 3 aromatic rings. The lowest BCUT2D eigenvalue weighted by Gasteiger charge is -2.24. The molecule has 0 bridgehead atoms. The molecule has 1 amide bonds. The SMILES string of the molecule is O=C(NN1CCCC1C(=O)Oc1c(F)c(F)c(F)c(F)c1F)OCC1c2ccccc2-c2ccccc21. The lowest BCUT2D eigenvalue weighted by Crippen LogP contribution is -2.49. The molecule has 1 saturated heterocycles. The van der Waals surface area contributed by atoms with Crippen molar-refractivity contribution in [2.75, 3.05) is 13.2 Å². The highest BCUT2D eigenvalue weighted by Crippen LogP contribution is 2.44. The summed E-state index contributed by atoms with van der Waals surface area (Å²) in [5, 5.41) is 1.15. The fourth-order valence-electron chi connectivity index (χ4n) is 4.74. The number of carbonyl (C=O) groups is 2. The number of hydrogen-bond acceptors (Lipinski definition) is 5. The van der Waals surface area contributed by atoms with E-state index in [-0.39, 0.29) is 25.5 Å². The number of hydrazine groups is 1. The van der Waals surface area contributed by atoms with E-state index in [0.717, 1.165) is 27.3 Å². The van der Waals surface area contributed by atoms with Gasteiger partial charge in [0.25, 0.3) is 0 Å². The Morgan fingerprint density at radius 3 is 1.97 bits per heavy atom. The van der Waals surface area contributed by atoms with Crippen molar-refractivity contribution >= 4 is 12.1 Å². The Balaban J connectivity index is 1.24. The van der Waals surface area contributed by atoms with Crippen LogP contribution in [0.2, 0.25) is 0 Å². The summed E-state index contributed by atoms with van der Waals surface area (Å²) in [6.45, 7) is 0.175. The van der Waals surface area contributed by atoms with E-state index < -0.39 is 52.9 Å². The summed E-state index contributed by atoms with van der Waals surface area (Å²) in [4.78, 5) is 25.1. The lowest BCUT2D eigenvalue weighted by atomic mass is 9.98. The molecule has 192 valence electrons. The molecule has 0 aromatic heterocycles. The number of nitrogens with zero attached hydrogens (tertiary/aromatic N) is 1. The third-order valence-corrected chi connectivity index (χ3v) is 6.48. The summed E-state index contributed by atoms with van der Waals surface area (Å²) in [7, 11) is 0. The number of nitrogens with one attached hydrogen (secondary N) is 1. The van der Waals surface area contributed by atoms with E-state index in [9.17, 15) is 31.5 Å². The predicted molar refractivity (Wildman–Crippen MR) is 120 cm³/mol. The van der Waals surface area contributed by atoms with Crippen LogP contribution in [0, 0.1) is 29.1 Å². The van der Waals surface area contributed by atoms with Crippen LogP contribution in [0.3, 0.4) is 0 Å². The molecule has 1 fully saturated rings. The normalized spacial score (nSPS) is 16.8. The molecular weight excluding hydrogens is 499 g/mol. The van der Waals surface area contributed by atoms with E-state index in [1.54, 1.807) is 0 Å². The number of fused-ring (bicyclic) bond motifs is 3. The van der Waals surface area contributed by atoms with Gasteiger partial charge in [-0.3, -0.25) is 5.43 Å². The molecule has 1 N–H and O–H groups in total. The Labute approximate surface area is 207 Å². The summed E-state index contributed by atoms with van der Waals surface area (Å²) in [5.41, 5.74) is 6.50. The zero-order valence-electron chi connectivity index (χ0n) is 19.1. The predicted octanol–water partition coefficient (Wildman–Crippen LogP) is 5.21. The van der Waals surface area contributed by atoms with Crippen molar-refractivity contribution in [1.82, 2.24) is 10.4 Å². The minimum absolute atomic E-state index is 0.00731. The van der Waals surface area contributed by atoms with Crippen LogP contribution >= 0.6 is 0 Å². The smallest absolute Gasteiger partial charge is 0.421 e. The Hall–Kier alpha value is -3.99. The van der Waals surface area contributed by atoms with Gasteiger partial charge < -0.3 is 9.47 Å². The van der Waals surface area contributed by atoms with Gasteiger partial charge in [-0.15, -0.1) is 0 Å². The molecule has 0 radical (unpaired) electrons. The van der Waals surface area contributed by atoms with Crippen LogP contribution in [0.1, 0.15) is 29.9 Å². The van der Waals surface area contributed by atoms with Crippen molar-refractivity contribution in [2.24, 2.45) is 0 Å². The number of halogens is 5. The standard InChI is InChI=1S/C26H19F5N2O4/c27-19-20(28)22(30)24(23(31)21(19)29)37-25(34)18-10-5-11-33(18)32-26(35)36-12-17-15-8-3-1-6-13(15)14-7-2-4-9-16(14)17/h1-4,6-9,17-18H,5,10-12H2,(H,32,35). The molecule has 5 rings (SSSR count). The monoisotopic (exact) mass is 518 g/mol. The highest BCUT2D eigenvalue weighted by molar-refractivity contribution is 5.80. The Kier molecular flexibility index (Phi) is 6.55. The third-order valence-electron chi connectivity index (χ3n) is 6.48. The molecule has 11 heteroatoms. The molecule has 1 aliphatic heterocycles. The van der Waals surface area contributed by atoms with Crippen molar-refractivity contribution < 1.29 is 41.0 Å². The van der Waals surface area contributed by atoms with Crippen LogP contribution in [-0.2, 0) is 9.53 Å². The number of carbonyl (C=O) groups excluding carboxylic acids is 2. The van der Waals surface area contributed by atoms with Gasteiger partial charge in [-0.05, 0) is 35.1 Å². The number of esters is 1. The summed E-state index contributed by atoms with van der Waals surface area (Å²) in [5.74, 6) is -14.6. The second-order valence-electron chi connectivity index (χ2n) is 8.61. The van der Waals surface area contributed by atoms with Gasteiger partial charge in [0, 0.05) is 12.5 Å². The Morgan fingerprint density at radius 2 is 1.38 bits per heavy atom. The summed E-state index contributed by atoms with van der Waals surface area (Å²) in [6, 6.07) is 14.3. The van der Waals surface area contributed by atoms with Gasteiger partial charge in [0.15, 0.2) is 0 Å². The first-order valence-electron chi connectivity index (χ1n) is 11.4. The van der Waals surface area contributed by atoms with Crippen molar-refractivity contribution in [2.45, 2.75) is 24.8 Å². The maximum Gasteiger partial charge on any atom is 0.421 e. The molecule has 1 atom stereocenters. The molecular formula is C26H19F5N2O4. The Morgan fingerprint density at radius 1 is 0.838 bits per heavy atom. The number of benzene rings is 3. The molecule has 0 saturated carbocycles. The van der Waals surface area contributed by atoms with Crippen LogP contribution in [0.25, 0.3) is 11.1 Å². The average molecular weight is 518 g/mol. The first-order valence-corrected chi connectivity index (χ1v) is 11.4. The molecule has 0 spiro atoms. The van der Waals surface area contributed by atoms with Gasteiger partial charge in [-0.1, -0.05) is 48.5 Å². The molecule has 2 aliphatic rings. The largest absolute Gasteiger partial charge is 0.448 e. The van der Waals surface area contributed by atoms with E-state index in [1.165, 1.54) is 0 Å². The molecule has 6 nitrogen and oxygen atoms in total. The highest BCUT2D eigenvalue weighted by Gasteiger charge is 2.37. The maximum atomic E-state index is 13.9. The fraction of sp³-hybridized carbons (Fsp3) is 0.231. The van der Waals surface area contributed by atoms with Gasteiger partial charge in [-0.25, -0.2) is 27.8 Å². The fourth-order valence-corrected chi connectivity index (χ4v) is 4.74. The molecule has 1 heterocycles. The first kappa shape index (κ1) is 24.7. The van der Waals surface area contributed by atoms with Gasteiger partial charge in [0.05, 0.1) is 0 Å². The zero-order chi connectivity index (χ0) is 26.3. The van der Waals surface area contributed by atoms with Crippen LogP contribution in [0.4, 0.5) is 26.7 Å². The summed E-state index contributed by atoms with van der Waals surface area (Å²) < 4.78 is 77.9. The first-order chi connectivity index (χ1) is 17.8. The van der Waals surface area contributed by atoms with Crippen molar-refractivity contribution in [3.8, 4) is 16.9 Å². The molecule has 1 unspecified atom stereocenters. The molecule has 3 aromatic carbocycles. The molecule has 1 aliphatic carbocycles. The average Bonchev–Trinajstić information content (AvgIpc) is 3.50. The van der Waals surface area contributed by atoms with Gasteiger partial charge in [0.2, 0.25) is 34.8 Å². The van der Waals surface area contributed by atoms with Crippen LogP contribution < -0.4 is 10.2 Å². The summed E-state index contributed by atoms with van der Waals surface area (Å²) >= 11 is 0. The van der Waals surface area contributed by atoms with E-state index in [1.807, 2.05) is 48.5 Å². The third kappa shape index (κ3) is 4.39. The minimum Gasteiger partial charge on any atom is -0.448 e. The second kappa shape index (κ2) is 9.81. The number of ether oxygens (including phenoxy) is 2. The quantitative estimate of drug-likeness (QED) is 0.165. The van der Waals surface area contributed by atoms with Gasteiger partial charge in [0.1, 0.15) is 12.6 Å². The number of hydrogen-bond donors (Lipinski definition) is 1. The van der Waals surface area contributed by atoms with Crippen LogP contribution in [0.5, 0.6) is 5.75 Å². The van der Waals surface area contributed by atoms with E-state index in [0.29, 0.717) is 6.42 Å². The van der Waals surface area contributed by atoms with Crippen molar-refractivity contribution in [3.05, 3.63) is 88.7 Å². The summed E-state index contributed by atoms with van der Waals surface area (Å²) in [6.07, 6.45) is -0.379. The number of amides is 1. The minimum atomic E-state index is -2.37. The molecule has 37 heavy (non-hydrogen) atoms. The topological polar surface area (TPSA) is 67.9 Å². The van der Waals surface area contributed by atoms with Gasteiger partial charge >= 0.3 is 12.1 Å². The van der Waals surface area contributed by atoms with Crippen molar-refractivity contribution in [3.63, 3.8) is 0 Å². The Bertz CT molecular complexity index is 1320. The van der Waals surface area contributed by atoms with Gasteiger partial charge in [-0.2, -0.15) is 8.78 Å². The highest BCUT2D eigenvalue weighted by atomic mass is 19.2. The van der Waals surface area contributed by atoms with Crippen LogP contribution in [-0.4, -0.2) is 36.3 Å². The second-order valence-corrected chi connectivity index (χ2v) is 8.61. The van der Waals surface area contributed by atoms with Crippen molar-refractivity contribution in [1.29, 1.82) is 0 Å².